The van der Waals surface area contributed by atoms with Crippen molar-refractivity contribution in [3.8, 4) is 0 Å². The van der Waals surface area contributed by atoms with Crippen molar-refractivity contribution < 1.29 is 18.0 Å². The molecule has 0 radical (unpaired) electrons. The van der Waals surface area contributed by atoms with Gasteiger partial charge in [-0.15, -0.1) is 0 Å². The summed E-state index contributed by atoms with van der Waals surface area (Å²) in [6.45, 7) is 2.20. The Hall–Kier alpha value is -2.06. The van der Waals surface area contributed by atoms with Crippen LogP contribution in [0.3, 0.4) is 0 Å². The third-order valence-electron chi connectivity index (χ3n) is 4.32. The van der Waals surface area contributed by atoms with E-state index >= 15 is 0 Å². The number of nitrogens with zero attached hydrogens (tertiary/aromatic N) is 2. The fraction of sp³-hybridized carbons (Fsp3) is 0.412. The first-order valence-corrected chi connectivity index (χ1v) is 8.55. The summed E-state index contributed by atoms with van der Waals surface area (Å²) in [5.74, 6) is -0.398. The molecule has 1 unspecified atom stereocenters. The number of benzene rings is 1. The molecule has 0 aliphatic carbocycles. The third kappa shape index (κ3) is 4.02. The highest BCUT2D eigenvalue weighted by atomic mass is 35.5. The molecule has 1 aliphatic heterocycles. The van der Waals surface area contributed by atoms with E-state index in [1.807, 2.05) is 0 Å². The Bertz CT molecular complexity index is 802. The predicted octanol–water partition coefficient (Wildman–Crippen LogP) is 3.08. The molecule has 3 rings (SSSR count). The molecule has 1 aromatic carbocycles. The highest BCUT2D eigenvalue weighted by Crippen LogP contribution is 2.33. The van der Waals surface area contributed by atoms with E-state index in [1.54, 1.807) is 31.2 Å². The van der Waals surface area contributed by atoms with Gasteiger partial charge in [0, 0.05) is 35.8 Å². The second kappa shape index (κ2) is 7.28. The van der Waals surface area contributed by atoms with E-state index in [2.05, 4.69) is 15.7 Å². The largest absolute Gasteiger partial charge is 0.435 e. The number of amides is 1. The molecule has 0 fully saturated rings. The number of hydrogen-bond donors (Lipinski definition) is 2. The number of nitrogens with one attached hydrogen (secondary N) is 2. The maximum Gasteiger partial charge on any atom is 0.435 e. The summed E-state index contributed by atoms with van der Waals surface area (Å²) in [5, 5.41) is 9.95. The maximum absolute atomic E-state index is 13.2. The Kier molecular flexibility index (Phi) is 5.24. The highest BCUT2D eigenvalue weighted by molar-refractivity contribution is 6.30. The molecular formula is C17H18ClF3N4O. The van der Waals surface area contributed by atoms with Gasteiger partial charge in [-0.25, -0.2) is 0 Å². The Balaban J connectivity index is 1.75. The lowest BCUT2D eigenvalue weighted by Crippen LogP contribution is -2.32. The Morgan fingerprint density at radius 1 is 1.38 bits per heavy atom. The molecule has 140 valence electrons. The molecule has 9 heteroatoms. The number of alkyl halides is 3. The van der Waals surface area contributed by atoms with Gasteiger partial charge in [0.2, 0.25) is 5.91 Å². The molecular weight excluding hydrogens is 369 g/mol. The van der Waals surface area contributed by atoms with Gasteiger partial charge in [0.15, 0.2) is 5.69 Å². The molecule has 5 nitrogen and oxygen atoms in total. The monoisotopic (exact) mass is 386 g/mol. The fourth-order valence-electron chi connectivity index (χ4n) is 3.04. The average molecular weight is 387 g/mol. The Morgan fingerprint density at radius 2 is 2.08 bits per heavy atom. The number of carbonyl (C=O) groups excluding carboxylic acids is 1. The van der Waals surface area contributed by atoms with Gasteiger partial charge in [0.1, 0.15) is 6.54 Å². The van der Waals surface area contributed by atoms with Crippen LogP contribution in [0.5, 0.6) is 0 Å². The lowest BCUT2D eigenvalue weighted by Gasteiger charge is -2.17. The van der Waals surface area contributed by atoms with Crippen molar-refractivity contribution in [1.29, 1.82) is 0 Å². The van der Waals surface area contributed by atoms with Crippen LogP contribution in [0.2, 0.25) is 5.02 Å². The highest BCUT2D eigenvalue weighted by Gasteiger charge is 2.39. The zero-order valence-electron chi connectivity index (χ0n) is 14.0. The van der Waals surface area contributed by atoms with Gasteiger partial charge in [0.05, 0.1) is 6.04 Å². The summed E-state index contributed by atoms with van der Waals surface area (Å²) in [5.41, 5.74) is 0.524. The lowest BCUT2D eigenvalue weighted by atomic mass is 10.1. The summed E-state index contributed by atoms with van der Waals surface area (Å²) >= 11 is 5.84. The third-order valence-corrected chi connectivity index (χ3v) is 4.57. The molecule has 1 amide bonds. The molecule has 2 N–H and O–H groups in total. The zero-order chi connectivity index (χ0) is 18.9. The van der Waals surface area contributed by atoms with Crippen molar-refractivity contribution in [3.63, 3.8) is 0 Å². The van der Waals surface area contributed by atoms with Crippen molar-refractivity contribution in [3.05, 3.63) is 51.8 Å². The van der Waals surface area contributed by atoms with E-state index < -0.39 is 17.8 Å². The number of fused-ring (bicyclic) bond motifs is 1. The second-order valence-corrected chi connectivity index (χ2v) is 6.63. The number of carbonyl (C=O) groups is 1. The summed E-state index contributed by atoms with van der Waals surface area (Å²) in [7, 11) is 0. The van der Waals surface area contributed by atoms with Gasteiger partial charge in [0.25, 0.3) is 0 Å². The molecule has 1 aromatic heterocycles. The first kappa shape index (κ1) is 18.7. The second-order valence-electron chi connectivity index (χ2n) is 6.20. The molecule has 1 aliphatic rings. The van der Waals surface area contributed by atoms with E-state index in [-0.39, 0.29) is 24.7 Å². The number of halogens is 4. The van der Waals surface area contributed by atoms with Crippen LogP contribution in [0.25, 0.3) is 0 Å². The fourth-order valence-corrected chi connectivity index (χ4v) is 3.16. The first-order valence-electron chi connectivity index (χ1n) is 8.17. The summed E-state index contributed by atoms with van der Waals surface area (Å²) in [4.78, 5) is 12.3. The van der Waals surface area contributed by atoms with Crippen molar-refractivity contribution in [1.82, 2.24) is 20.4 Å². The maximum atomic E-state index is 13.2. The van der Waals surface area contributed by atoms with E-state index in [9.17, 15) is 18.0 Å². The normalized spacial score (nSPS) is 15.4. The number of aromatic nitrogens is 2. The first-order chi connectivity index (χ1) is 12.3. The van der Waals surface area contributed by atoms with Crippen LogP contribution in [0.15, 0.2) is 24.3 Å². The molecule has 1 atom stereocenters. The van der Waals surface area contributed by atoms with Crippen LogP contribution >= 0.6 is 11.6 Å². The minimum Gasteiger partial charge on any atom is -0.348 e. The lowest BCUT2D eigenvalue weighted by molar-refractivity contribution is -0.142. The van der Waals surface area contributed by atoms with Crippen molar-refractivity contribution in [2.45, 2.75) is 38.7 Å². The topological polar surface area (TPSA) is 59.0 Å². The van der Waals surface area contributed by atoms with Gasteiger partial charge in [-0.05, 0) is 24.6 Å². The number of hydrogen-bond acceptors (Lipinski definition) is 3. The SMILES string of the molecule is CC(NC(=O)Cn1nc(C(F)(F)F)c2c1CCNC2)c1ccc(Cl)cc1. The molecule has 0 spiro atoms. The minimum absolute atomic E-state index is 0.104. The predicted molar refractivity (Wildman–Crippen MR) is 90.6 cm³/mol. The van der Waals surface area contributed by atoms with E-state index in [1.165, 1.54) is 4.68 Å². The van der Waals surface area contributed by atoms with E-state index in [4.69, 9.17) is 11.6 Å². The smallest absolute Gasteiger partial charge is 0.348 e. The molecule has 0 bridgehead atoms. The molecule has 2 heterocycles. The quantitative estimate of drug-likeness (QED) is 0.849. The van der Waals surface area contributed by atoms with Gasteiger partial charge in [-0.2, -0.15) is 18.3 Å². The van der Waals surface area contributed by atoms with Crippen LogP contribution in [-0.2, 0) is 30.5 Å². The Labute approximate surface area is 153 Å². The van der Waals surface area contributed by atoms with Crippen LogP contribution in [0.1, 0.15) is 35.5 Å². The van der Waals surface area contributed by atoms with Crippen molar-refractivity contribution >= 4 is 17.5 Å². The molecule has 0 saturated carbocycles. The summed E-state index contributed by atoms with van der Waals surface area (Å²) in [6, 6.07) is 6.71. The molecule has 0 saturated heterocycles. The summed E-state index contributed by atoms with van der Waals surface area (Å²) < 4.78 is 40.7. The molecule has 2 aromatic rings. The van der Waals surface area contributed by atoms with Gasteiger partial charge in [-0.1, -0.05) is 23.7 Å². The summed E-state index contributed by atoms with van der Waals surface area (Å²) in [6.07, 6.45) is -4.14. The molecule has 26 heavy (non-hydrogen) atoms. The van der Waals surface area contributed by atoms with Crippen LogP contribution in [0.4, 0.5) is 13.2 Å². The van der Waals surface area contributed by atoms with Crippen LogP contribution in [-0.4, -0.2) is 22.2 Å². The van der Waals surface area contributed by atoms with Crippen LogP contribution in [0, 0.1) is 0 Å². The van der Waals surface area contributed by atoms with Gasteiger partial charge < -0.3 is 10.6 Å². The number of rotatable bonds is 4. The van der Waals surface area contributed by atoms with Crippen molar-refractivity contribution in [2.24, 2.45) is 0 Å². The van der Waals surface area contributed by atoms with Crippen molar-refractivity contribution in [2.75, 3.05) is 6.54 Å². The Morgan fingerprint density at radius 3 is 2.73 bits per heavy atom. The average Bonchev–Trinajstić information content (AvgIpc) is 2.94. The van der Waals surface area contributed by atoms with E-state index in [0.29, 0.717) is 23.7 Å². The van der Waals surface area contributed by atoms with Gasteiger partial charge in [-0.3, -0.25) is 9.48 Å². The van der Waals surface area contributed by atoms with Crippen LogP contribution < -0.4 is 10.6 Å². The zero-order valence-corrected chi connectivity index (χ0v) is 14.8. The van der Waals surface area contributed by atoms with E-state index in [0.717, 1.165) is 5.56 Å². The minimum atomic E-state index is -4.54. The van der Waals surface area contributed by atoms with Gasteiger partial charge >= 0.3 is 6.18 Å². The standard InChI is InChI=1S/C17H18ClF3N4O/c1-10(11-2-4-12(18)5-3-11)23-15(26)9-25-14-6-7-22-8-13(14)16(24-25)17(19,20)21/h2-5,10,22H,6-9H2,1H3,(H,23,26).